The summed E-state index contributed by atoms with van der Waals surface area (Å²) in [6.45, 7) is 3.81. The van der Waals surface area contributed by atoms with Gasteiger partial charge in [0.05, 0.1) is 6.10 Å². The van der Waals surface area contributed by atoms with E-state index in [2.05, 4.69) is 0 Å². The molecule has 1 heterocycles. The summed E-state index contributed by atoms with van der Waals surface area (Å²) in [6.07, 6.45) is -0.782. The number of thiophene rings is 1. The lowest BCUT2D eigenvalue weighted by molar-refractivity contribution is 0.0164. The maximum atomic E-state index is 9.62. The number of rotatable bonds is 3. The Morgan fingerprint density at radius 3 is 2.58 bits per heavy atom. The molecular weight excluding hydrogens is 172 g/mol. The van der Waals surface area contributed by atoms with Crippen LogP contribution in [0, 0.1) is 6.92 Å². The van der Waals surface area contributed by atoms with Crippen molar-refractivity contribution in [3.8, 4) is 0 Å². The van der Waals surface area contributed by atoms with E-state index in [9.17, 15) is 10.2 Å². The normalized spacial score (nSPS) is 16.0. The molecule has 1 aromatic rings. The first-order valence-corrected chi connectivity index (χ1v) is 4.95. The fourth-order valence-electron chi connectivity index (χ4n) is 1.13. The molecule has 0 amide bonds. The topological polar surface area (TPSA) is 40.5 Å². The van der Waals surface area contributed by atoms with Crippen LogP contribution in [0.5, 0.6) is 0 Å². The zero-order valence-corrected chi connectivity index (χ0v) is 8.14. The van der Waals surface area contributed by atoms with E-state index in [0.717, 1.165) is 10.4 Å². The molecule has 1 rings (SSSR count). The van der Waals surface area contributed by atoms with Crippen LogP contribution >= 0.6 is 11.3 Å². The Balaban J connectivity index is 2.77. The minimum absolute atomic E-state index is 0.580. The molecule has 2 unspecified atom stereocenters. The van der Waals surface area contributed by atoms with Crippen LogP contribution < -0.4 is 0 Å². The average molecular weight is 186 g/mol. The fraction of sp³-hybridized carbons (Fsp3) is 0.556. The van der Waals surface area contributed by atoms with Gasteiger partial charge in [0.1, 0.15) is 6.10 Å². The van der Waals surface area contributed by atoms with Gasteiger partial charge in [-0.3, -0.25) is 0 Å². The van der Waals surface area contributed by atoms with Gasteiger partial charge in [0.15, 0.2) is 0 Å². The Labute approximate surface area is 76.5 Å². The summed E-state index contributed by atoms with van der Waals surface area (Å²) in [6, 6.07) is 1.86. The minimum atomic E-state index is -0.721. The summed E-state index contributed by atoms with van der Waals surface area (Å²) in [5.74, 6) is 0. The van der Waals surface area contributed by atoms with E-state index in [1.54, 1.807) is 11.3 Å². The lowest BCUT2D eigenvalue weighted by Crippen LogP contribution is -2.16. The van der Waals surface area contributed by atoms with Gasteiger partial charge in [-0.25, -0.2) is 0 Å². The maximum Gasteiger partial charge on any atom is 0.106 e. The first kappa shape index (κ1) is 9.71. The van der Waals surface area contributed by atoms with Crippen molar-refractivity contribution in [3.05, 3.63) is 21.9 Å². The molecule has 0 aromatic carbocycles. The van der Waals surface area contributed by atoms with E-state index in [4.69, 9.17) is 0 Å². The summed E-state index contributed by atoms with van der Waals surface area (Å²) in [7, 11) is 0. The second-order valence-corrected chi connectivity index (χ2v) is 3.97. The number of aryl methyl sites for hydroxylation is 1. The molecule has 0 aliphatic heterocycles. The average Bonchev–Trinajstić information content (AvgIpc) is 2.48. The molecule has 0 bridgehead atoms. The van der Waals surface area contributed by atoms with Crippen molar-refractivity contribution in [1.82, 2.24) is 0 Å². The van der Waals surface area contributed by atoms with Gasteiger partial charge in [0, 0.05) is 4.88 Å². The zero-order chi connectivity index (χ0) is 9.14. The molecule has 3 heteroatoms. The summed E-state index contributed by atoms with van der Waals surface area (Å²) in [5, 5.41) is 20.9. The highest BCUT2D eigenvalue weighted by molar-refractivity contribution is 7.10. The molecule has 0 aliphatic carbocycles. The maximum absolute atomic E-state index is 9.62. The van der Waals surface area contributed by atoms with E-state index >= 15 is 0 Å². The van der Waals surface area contributed by atoms with Gasteiger partial charge >= 0.3 is 0 Å². The van der Waals surface area contributed by atoms with Crippen molar-refractivity contribution < 1.29 is 10.2 Å². The molecule has 2 nitrogen and oxygen atoms in total. The van der Waals surface area contributed by atoms with Crippen molar-refractivity contribution >= 4 is 11.3 Å². The van der Waals surface area contributed by atoms with Crippen molar-refractivity contribution in [3.63, 3.8) is 0 Å². The molecule has 1 aromatic heterocycles. The van der Waals surface area contributed by atoms with Crippen LogP contribution in [-0.4, -0.2) is 16.3 Å². The van der Waals surface area contributed by atoms with E-state index in [1.807, 2.05) is 25.3 Å². The van der Waals surface area contributed by atoms with Crippen molar-refractivity contribution in [1.29, 1.82) is 0 Å². The molecule has 0 radical (unpaired) electrons. The SMILES string of the molecule is CCC(O)C(O)c1ccsc1C. The van der Waals surface area contributed by atoms with Gasteiger partial charge in [-0.2, -0.15) is 0 Å². The van der Waals surface area contributed by atoms with E-state index in [-0.39, 0.29) is 0 Å². The lowest BCUT2D eigenvalue weighted by Gasteiger charge is -2.15. The Kier molecular flexibility index (Phi) is 3.26. The minimum Gasteiger partial charge on any atom is -0.390 e. The summed E-state index contributed by atoms with van der Waals surface area (Å²) >= 11 is 1.59. The highest BCUT2D eigenvalue weighted by Gasteiger charge is 2.18. The molecule has 0 fully saturated rings. The lowest BCUT2D eigenvalue weighted by atomic mass is 10.0. The molecule has 12 heavy (non-hydrogen) atoms. The molecular formula is C9H14O2S. The molecule has 2 N–H and O–H groups in total. The van der Waals surface area contributed by atoms with Gasteiger partial charge in [0.25, 0.3) is 0 Å². The molecule has 0 saturated carbocycles. The highest BCUT2D eigenvalue weighted by Crippen LogP contribution is 2.25. The third-order valence-corrected chi connectivity index (χ3v) is 2.86. The number of aliphatic hydroxyl groups excluding tert-OH is 2. The fourth-order valence-corrected chi connectivity index (χ4v) is 1.88. The Bertz CT molecular complexity index is 244. The van der Waals surface area contributed by atoms with Crippen molar-refractivity contribution in [2.45, 2.75) is 32.5 Å². The number of aliphatic hydroxyl groups is 2. The van der Waals surface area contributed by atoms with Crippen LogP contribution in [0.2, 0.25) is 0 Å². The Morgan fingerprint density at radius 2 is 2.17 bits per heavy atom. The quantitative estimate of drug-likeness (QED) is 0.756. The summed E-state index contributed by atoms with van der Waals surface area (Å²) in [5.41, 5.74) is 0.856. The first-order valence-electron chi connectivity index (χ1n) is 4.07. The number of hydrogen-bond acceptors (Lipinski definition) is 3. The van der Waals surface area contributed by atoms with Gasteiger partial charge < -0.3 is 10.2 Å². The van der Waals surface area contributed by atoms with Crippen LogP contribution in [0.3, 0.4) is 0 Å². The summed E-state index contributed by atoms with van der Waals surface area (Å²) in [4.78, 5) is 1.08. The van der Waals surface area contributed by atoms with Crippen LogP contribution in [-0.2, 0) is 0 Å². The molecule has 0 spiro atoms. The monoisotopic (exact) mass is 186 g/mol. The third kappa shape index (κ3) is 1.86. The van der Waals surface area contributed by atoms with E-state index in [0.29, 0.717) is 6.42 Å². The summed E-state index contributed by atoms with van der Waals surface area (Å²) < 4.78 is 0. The van der Waals surface area contributed by atoms with Gasteiger partial charge in [0.2, 0.25) is 0 Å². The first-order chi connectivity index (χ1) is 5.66. The highest BCUT2D eigenvalue weighted by atomic mass is 32.1. The Morgan fingerprint density at radius 1 is 1.50 bits per heavy atom. The molecule has 2 atom stereocenters. The van der Waals surface area contributed by atoms with Crippen LogP contribution in [0.15, 0.2) is 11.4 Å². The van der Waals surface area contributed by atoms with Gasteiger partial charge in [-0.1, -0.05) is 6.92 Å². The van der Waals surface area contributed by atoms with Crippen molar-refractivity contribution in [2.24, 2.45) is 0 Å². The standard InChI is InChI=1S/C9H14O2S/c1-3-8(10)9(11)7-4-5-12-6(7)2/h4-5,8-11H,3H2,1-2H3. The van der Waals surface area contributed by atoms with Crippen LogP contribution in [0.4, 0.5) is 0 Å². The molecule has 68 valence electrons. The second kappa shape index (κ2) is 4.03. The Hall–Kier alpha value is -0.380. The van der Waals surface area contributed by atoms with Gasteiger partial charge in [-0.05, 0) is 30.4 Å². The zero-order valence-electron chi connectivity index (χ0n) is 7.32. The molecule has 0 aliphatic rings. The third-order valence-electron chi connectivity index (χ3n) is 2.00. The smallest absolute Gasteiger partial charge is 0.106 e. The van der Waals surface area contributed by atoms with Crippen molar-refractivity contribution in [2.75, 3.05) is 0 Å². The largest absolute Gasteiger partial charge is 0.390 e. The second-order valence-electron chi connectivity index (χ2n) is 2.85. The van der Waals surface area contributed by atoms with E-state index in [1.165, 1.54) is 0 Å². The van der Waals surface area contributed by atoms with Crippen LogP contribution in [0.25, 0.3) is 0 Å². The predicted octanol–water partition coefficient (Wildman–Crippen LogP) is 1.86. The van der Waals surface area contributed by atoms with E-state index < -0.39 is 12.2 Å². The molecule has 0 saturated heterocycles. The van der Waals surface area contributed by atoms with Crippen LogP contribution in [0.1, 0.15) is 29.9 Å². The van der Waals surface area contributed by atoms with Gasteiger partial charge in [-0.15, -0.1) is 11.3 Å². The number of hydrogen-bond donors (Lipinski definition) is 2. The predicted molar refractivity (Wildman–Crippen MR) is 50.3 cm³/mol.